The van der Waals surface area contributed by atoms with Gasteiger partial charge in [-0.1, -0.05) is 47.6 Å². The Morgan fingerprint density at radius 2 is 1.83 bits per heavy atom. The van der Waals surface area contributed by atoms with Gasteiger partial charge in [-0.3, -0.25) is 14.2 Å². The van der Waals surface area contributed by atoms with Crippen LogP contribution in [-0.2, 0) is 12.3 Å². The number of fused-ring (bicyclic) bond motifs is 2. The van der Waals surface area contributed by atoms with E-state index < -0.39 is 0 Å². The second kappa shape index (κ2) is 10.2. The molecule has 1 amide bonds. The molecule has 9 heteroatoms. The normalized spacial score (nSPS) is 12.3. The number of aromatic nitrogens is 2. The molecule has 0 spiro atoms. The molecule has 2 heterocycles. The summed E-state index contributed by atoms with van der Waals surface area (Å²) in [7, 11) is 0. The Labute approximate surface area is 217 Å². The molecule has 0 aliphatic carbocycles. The number of thioether (sulfide) groups is 1. The number of carbonyl (C=O) groups excluding carboxylic acids is 1. The molecule has 3 aromatic carbocycles. The van der Waals surface area contributed by atoms with Gasteiger partial charge in [0.25, 0.3) is 11.5 Å². The quantitative estimate of drug-likeness (QED) is 0.264. The second-order valence-electron chi connectivity index (χ2n) is 8.75. The van der Waals surface area contributed by atoms with E-state index >= 15 is 0 Å². The lowest BCUT2D eigenvalue weighted by molar-refractivity contribution is 0.0943. The lowest BCUT2D eigenvalue weighted by Crippen LogP contribution is -2.30. The van der Waals surface area contributed by atoms with Crippen molar-refractivity contribution in [3.8, 4) is 11.5 Å². The van der Waals surface area contributed by atoms with Crippen molar-refractivity contribution < 1.29 is 14.3 Å². The predicted octanol–water partition coefficient (Wildman–Crippen LogP) is 5.26. The van der Waals surface area contributed by atoms with Crippen molar-refractivity contribution in [2.45, 2.75) is 37.3 Å². The van der Waals surface area contributed by atoms with Gasteiger partial charge >= 0.3 is 0 Å². The smallest absolute Gasteiger partial charge is 0.262 e. The first-order valence-corrected chi connectivity index (χ1v) is 12.8. The Morgan fingerprint density at radius 1 is 1.08 bits per heavy atom. The van der Waals surface area contributed by atoms with E-state index in [1.165, 1.54) is 11.8 Å². The number of nitrogens with one attached hydrogen (secondary N) is 1. The fourth-order valence-electron chi connectivity index (χ4n) is 3.90. The Hall–Kier alpha value is -3.49. The Bertz CT molecular complexity index is 1500. The van der Waals surface area contributed by atoms with Gasteiger partial charge in [0, 0.05) is 28.4 Å². The van der Waals surface area contributed by atoms with Crippen LogP contribution >= 0.6 is 23.4 Å². The zero-order chi connectivity index (χ0) is 25.2. The molecule has 0 bridgehead atoms. The first kappa shape index (κ1) is 24.2. The molecule has 0 unspecified atom stereocenters. The third-order valence-electron chi connectivity index (χ3n) is 5.65. The number of hydrogen-bond acceptors (Lipinski definition) is 6. The number of rotatable bonds is 7. The monoisotopic (exact) mass is 521 g/mol. The third-order valence-corrected chi connectivity index (χ3v) is 6.93. The maximum absolute atomic E-state index is 13.6. The summed E-state index contributed by atoms with van der Waals surface area (Å²) < 4.78 is 12.6. The minimum atomic E-state index is -0.173. The van der Waals surface area contributed by atoms with Crippen LogP contribution in [0.2, 0.25) is 5.02 Å². The first-order chi connectivity index (χ1) is 17.4. The SMILES string of the molecule is CC(C)NC(=O)c1ccc(Cn2c(SCc3cccc(Cl)c3)nc3cc4c(cc3c2=O)OCO4)cc1. The summed E-state index contributed by atoms with van der Waals surface area (Å²) >= 11 is 7.61. The highest BCUT2D eigenvalue weighted by molar-refractivity contribution is 7.98. The molecule has 0 saturated heterocycles. The molecular weight excluding hydrogens is 498 g/mol. The van der Waals surface area contributed by atoms with Gasteiger partial charge in [-0.2, -0.15) is 0 Å². The minimum absolute atomic E-state index is 0.0503. The van der Waals surface area contributed by atoms with Crippen LogP contribution in [0.25, 0.3) is 10.9 Å². The topological polar surface area (TPSA) is 82.5 Å². The van der Waals surface area contributed by atoms with E-state index in [0.29, 0.717) is 50.4 Å². The lowest BCUT2D eigenvalue weighted by atomic mass is 10.1. The fourth-order valence-corrected chi connectivity index (χ4v) is 5.06. The van der Waals surface area contributed by atoms with Gasteiger partial charge in [-0.25, -0.2) is 4.98 Å². The zero-order valence-corrected chi connectivity index (χ0v) is 21.4. The predicted molar refractivity (Wildman–Crippen MR) is 141 cm³/mol. The average Bonchev–Trinajstić information content (AvgIpc) is 3.31. The van der Waals surface area contributed by atoms with E-state index in [9.17, 15) is 9.59 Å². The molecule has 184 valence electrons. The molecule has 0 radical (unpaired) electrons. The number of benzene rings is 3. The highest BCUT2D eigenvalue weighted by Gasteiger charge is 2.19. The number of nitrogens with zero attached hydrogens (tertiary/aromatic N) is 2. The van der Waals surface area contributed by atoms with E-state index in [2.05, 4.69) is 5.32 Å². The van der Waals surface area contributed by atoms with Gasteiger partial charge in [0.15, 0.2) is 16.7 Å². The van der Waals surface area contributed by atoms with Gasteiger partial charge in [0.2, 0.25) is 6.79 Å². The van der Waals surface area contributed by atoms with Crippen LogP contribution in [0.5, 0.6) is 11.5 Å². The molecule has 5 rings (SSSR count). The third kappa shape index (κ3) is 5.20. The maximum atomic E-state index is 13.6. The molecule has 36 heavy (non-hydrogen) atoms. The van der Waals surface area contributed by atoms with Crippen LogP contribution in [0.1, 0.15) is 35.3 Å². The van der Waals surface area contributed by atoms with Crippen LogP contribution in [0.4, 0.5) is 0 Å². The van der Waals surface area contributed by atoms with Crippen molar-refractivity contribution in [3.05, 3.63) is 92.7 Å². The van der Waals surface area contributed by atoms with Crippen LogP contribution in [0.3, 0.4) is 0 Å². The highest BCUT2D eigenvalue weighted by atomic mass is 35.5. The molecule has 4 aromatic rings. The summed E-state index contributed by atoms with van der Waals surface area (Å²) in [4.78, 5) is 30.8. The summed E-state index contributed by atoms with van der Waals surface area (Å²) in [6.07, 6.45) is 0. The van der Waals surface area contributed by atoms with Crippen molar-refractivity contribution >= 4 is 40.2 Å². The molecule has 1 aromatic heterocycles. The molecule has 1 aliphatic rings. The summed E-state index contributed by atoms with van der Waals surface area (Å²) in [6.45, 7) is 4.26. The summed E-state index contributed by atoms with van der Waals surface area (Å²) in [5.74, 6) is 1.58. The van der Waals surface area contributed by atoms with Gasteiger partial charge < -0.3 is 14.8 Å². The molecule has 1 aliphatic heterocycles. The second-order valence-corrected chi connectivity index (χ2v) is 10.1. The Kier molecular flexibility index (Phi) is 6.89. The van der Waals surface area contributed by atoms with E-state index in [-0.39, 0.29) is 24.3 Å². The molecule has 1 N–H and O–H groups in total. The fraction of sp³-hybridized carbons (Fsp3) is 0.222. The highest BCUT2D eigenvalue weighted by Crippen LogP contribution is 2.35. The van der Waals surface area contributed by atoms with Crippen LogP contribution in [-0.4, -0.2) is 28.3 Å². The largest absolute Gasteiger partial charge is 0.454 e. The number of amides is 1. The minimum Gasteiger partial charge on any atom is -0.454 e. The molecule has 7 nitrogen and oxygen atoms in total. The van der Waals surface area contributed by atoms with Crippen molar-refractivity contribution in [1.29, 1.82) is 0 Å². The summed E-state index contributed by atoms with van der Waals surface area (Å²) in [6, 6.07) is 18.3. The molecular formula is C27H24ClN3O4S. The molecule has 0 atom stereocenters. The van der Waals surface area contributed by atoms with Crippen molar-refractivity contribution in [2.75, 3.05) is 6.79 Å². The van der Waals surface area contributed by atoms with Crippen LogP contribution in [0.15, 0.2) is 70.6 Å². The van der Waals surface area contributed by atoms with Gasteiger partial charge in [-0.05, 0) is 55.3 Å². The number of halogens is 1. The van der Waals surface area contributed by atoms with Crippen LogP contribution < -0.4 is 20.3 Å². The summed E-state index contributed by atoms with van der Waals surface area (Å²) in [5.41, 5.74) is 2.85. The van der Waals surface area contributed by atoms with Gasteiger partial charge in [0.05, 0.1) is 17.4 Å². The number of ether oxygens (including phenoxy) is 2. The molecule has 0 fully saturated rings. The lowest BCUT2D eigenvalue weighted by Gasteiger charge is -2.14. The van der Waals surface area contributed by atoms with Gasteiger partial charge in [0.1, 0.15) is 0 Å². The first-order valence-electron chi connectivity index (χ1n) is 11.5. The van der Waals surface area contributed by atoms with E-state index in [1.807, 2.05) is 50.2 Å². The standard InChI is InChI=1S/C27H24ClN3O4S/c1-16(2)29-25(32)19-8-6-17(7-9-19)13-31-26(33)21-11-23-24(35-15-34-23)12-22(21)30-27(31)36-14-18-4-3-5-20(28)10-18/h3-12,16H,13-15H2,1-2H3,(H,29,32). The molecule has 0 saturated carbocycles. The van der Waals surface area contributed by atoms with Crippen molar-refractivity contribution in [2.24, 2.45) is 0 Å². The number of hydrogen-bond donors (Lipinski definition) is 1. The van der Waals surface area contributed by atoms with Crippen LogP contribution in [0, 0.1) is 0 Å². The zero-order valence-electron chi connectivity index (χ0n) is 19.8. The van der Waals surface area contributed by atoms with E-state index in [1.54, 1.807) is 28.8 Å². The van der Waals surface area contributed by atoms with Gasteiger partial charge in [-0.15, -0.1) is 0 Å². The van der Waals surface area contributed by atoms with E-state index in [4.69, 9.17) is 26.1 Å². The maximum Gasteiger partial charge on any atom is 0.262 e. The van der Waals surface area contributed by atoms with Crippen molar-refractivity contribution in [1.82, 2.24) is 14.9 Å². The van der Waals surface area contributed by atoms with E-state index in [0.717, 1.165) is 11.1 Å². The Morgan fingerprint density at radius 3 is 2.56 bits per heavy atom. The Balaban J connectivity index is 1.50. The average molecular weight is 522 g/mol. The van der Waals surface area contributed by atoms with Crippen molar-refractivity contribution in [3.63, 3.8) is 0 Å². The number of carbonyl (C=O) groups is 1. The summed E-state index contributed by atoms with van der Waals surface area (Å²) in [5, 5.41) is 4.58.